The predicted molar refractivity (Wildman–Crippen MR) is 71.3 cm³/mol. The summed E-state index contributed by atoms with van der Waals surface area (Å²) in [5, 5.41) is 8.89. The molecule has 0 bridgehead atoms. The number of carboxylic acids is 1. The molecule has 0 aliphatic carbocycles. The topological polar surface area (TPSA) is 89.6 Å². The number of aliphatic carboxylic acids is 1. The molecule has 1 rings (SSSR count). The molecule has 0 aliphatic heterocycles. The van der Waals surface area contributed by atoms with E-state index >= 15 is 0 Å². The molecule has 1 atom stereocenters. The van der Waals surface area contributed by atoms with E-state index in [1.54, 1.807) is 12.1 Å². The molecule has 3 N–H and O–H groups in total. The van der Waals surface area contributed by atoms with Crippen molar-refractivity contribution in [2.75, 3.05) is 7.11 Å². The van der Waals surface area contributed by atoms with E-state index in [4.69, 9.17) is 15.6 Å². The van der Waals surface area contributed by atoms with Gasteiger partial charge in [-0.25, -0.2) is 0 Å². The number of amides is 1. The minimum Gasteiger partial charge on any atom is -0.496 e. The van der Waals surface area contributed by atoms with Gasteiger partial charge in [-0.15, -0.1) is 0 Å². The summed E-state index contributed by atoms with van der Waals surface area (Å²) in [6, 6.07) is 5.43. The number of methoxy groups -OCH3 is 1. The van der Waals surface area contributed by atoms with E-state index < -0.39 is 17.8 Å². The van der Waals surface area contributed by atoms with Gasteiger partial charge in [0.15, 0.2) is 0 Å². The van der Waals surface area contributed by atoms with Crippen molar-refractivity contribution in [1.82, 2.24) is 0 Å². The van der Waals surface area contributed by atoms with Crippen LogP contribution in [-0.2, 0) is 9.59 Å². The highest BCUT2D eigenvalue weighted by atomic mass is 16.5. The quantitative estimate of drug-likeness (QED) is 0.821. The Labute approximate surface area is 112 Å². The first-order valence-corrected chi connectivity index (χ1v) is 6.05. The van der Waals surface area contributed by atoms with Crippen LogP contribution >= 0.6 is 0 Å². The smallest absolute Gasteiger partial charge is 0.304 e. The minimum absolute atomic E-state index is 0.267. The molecule has 0 fully saturated rings. The number of primary amides is 1. The Hall–Kier alpha value is -2.04. The molecule has 0 saturated heterocycles. The number of nitrogens with two attached hydrogens (primary N) is 1. The van der Waals surface area contributed by atoms with Crippen molar-refractivity contribution < 1.29 is 19.4 Å². The highest BCUT2D eigenvalue weighted by molar-refractivity contribution is 5.87. The summed E-state index contributed by atoms with van der Waals surface area (Å²) in [6.07, 6.45) is -0.340. The van der Waals surface area contributed by atoms with Gasteiger partial charge < -0.3 is 15.6 Å². The second-order valence-corrected chi connectivity index (χ2v) is 4.71. The van der Waals surface area contributed by atoms with Gasteiger partial charge in [0.25, 0.3) is 0 Å². The van der Waals surface area contributed by atoms with E-state index in [1.807, 2.05) is 19.9 Å². The van der Waals surface area contributed by atoms with E-state index in [-0.39, 0.29) is 12.3 Å². The fourth-order valence-electron chi connectivity index (χ4n) is 1.92. The van der Waals surface area contributed by atoms with Gasteiger partial charge in [0.2, 0.25) is 5.91 Å². The van der Waals surface area contributed by atoms with Crippen LogP contribution < -0.4 is 10.5 Å². The fraction of sp³-hybridized carbons (Fsp3) is 0.429. The lowest BCUT2D eigenvalue weighted by molar-refractivity contribution is -0.139. The zero-order valence-electron chi connectivity index (χ0n) is 11.3. The Morgan fingerprint density at radius 2 is 2.00 bits per heavy atom. The van der Waals surface area contributed by atoms with Crippen LogP contribution in [0.25, 0.3) is 0 Å². The number of rotatable bonds is 6. The van der Waals surface area contributed by atoms with Crippen LogP contribution in [-0.4, -0.2) is 24.1 Å². The molecule has 5 heteroatoms. The Balaban J connectivity index is 3.29. The van der Waals surface area contributed by atoms with E-state index in [0.29, 0.717) is 11.3 Å². The van der Waals surface area contributed by atoms with Crippen molar-refractivity contribution in [3.05, 3.63) is 29.3 Å². The molecule has 1 aromatic carbocycles. The third-order valence-electron chi connectivity index (χ3n) is 3.02. The van der Waals surface area contributed by atoms with E-state index in [9.17, 15) is 9.59 Å². The highest BCUT2D eigenvalue weighted by Gasteiger charge is 2.25. The monoisotopic (exact) mass is 265 g/mol. The number of hydrogen-bond acceptors (Lipinski definition) is 3. The number of benzene rings is 1. The Bertz CT molecular complexity index is 482. The van der Waals surface area contributed by atoms with Crippen LogP contribution in [0.2, 0.25) is 0 Å². The number of hydrogen-bond donors (Lipinski definition) is 2. The molecule has 104 valence electrons. The average molecular weight is 265 g/mol. The normalized spacial score (nSPS) is 12.2. The van der Waals surface area contributed by atoms with Crippen molar-refractivity contribution in [1.29, 1.82) is 0 Å². The first-order valence-electron chi connectivity index (χ1n) is 6.05. The van der Waals surface area contributed by atoms with Crippen molar-refractivity contribution >= 4 is 11.9 Å². The third kappa shape index (κ3) is 3.71. The Kier molecular flexibility index (Phi) is 4.92. The van der Waals surface area contributed by atoms with Gasteiger partial charge in [-0.05, 0) is 17.5 Å². The lowest BCUT2D eigenvalue weighted by Gasteiger charge is -2.17. The molecule has 0 heterocycles. The summed E-state index contributed by atoms with van der Waals surface area (Å²) in [4.78, 5) is 22.3. The van der Waals surface area contributed by atoms with Gasteiger partial charge in [-0.2, -0.15) is 0 Å². The Morgan fingerprint density at radius 1 is 1.37 bits per heavy atom. The highest BCUT2D eigenvalue weighted by Crippen LogP contribution is 2.32. The fourth-order valence-corrected chi connectivity index (χ4v) is 1.92. The largest absolute Gasteiger partial charge is 0.496 e. The summed E-state index contributed by atoms with van der Waals surface area (Å²) in [5.41, 5.74) is 6.85. The number of ether oxygens (including phenoxy) is 1. The van der Waals surface area contributed by atoms with Gasteiger partial charge in [-0.3, -0.25) is 9.59 Å². The summed E-state index contributed by atoms with van der Waals surface area (Å²) in [7, 11) is 1.48. The molecule has 19 heavy (non-hydrogen) atoms. The first-order chi connectivity index (χ1) is 8.86. The lowest BCUT2D eigenvalue weighted by atomic mass is 9.90. The second kappa shape index (κ2) is 6.22. The molecular weight excluding hydrogens is 246 g/mol. The van der Waals surface area contributed by atoms with Crippen molar-refractivity contribution in [2.24, 2.45) is 5.73 Å². The first kappa shape index (κ1) is 15.0. The van der Waals surface area contributed by atoms with Gasteiger partial charge in [0, 0.05) is 5.56 Å². The molecule has 0 aromatic heterocycles. The van der Waals surface area contributed by atoms with E-state index in [1.165, 1.54) is 7.11 Å². The molecule has 0 aliphatic rings. The summed E-state index contributed by atoms with van der Waals surface area (Å²) >= 11 is 0. The average Bonchev–Trinajstić information content (AvgIpc) is 2.34. The van der Waals surface area contributed by atoms with E-state index in [2.05, 4.69) is 0 Å². The van der Waals surface area contributed by atoms with Crippen LogP contribution in [0.1, 0.15) is 43.2 Å². The minimum atomic E-state index is -1.07. The molecule has 0 radical (unpaired) electrons. The zero-order chi connectivity index (χ0) is 14.6. The van der Waals surface area contributed by atoms with Crippen LogP contribution in [0.3, 0.4) is 0 Å². The van der Waals surface area contributed by atoms with Crippen molar-refractivity contribution in [3.63, 3.8) is 0 Å². The van der Waals surface area contributed by atoms with Crippen LogP contribution in [0.5, 0.6) is 5.75 Å². The summed E-state index contributed by atoms with van der Waals surface area (Å²) in [5.74, 6) is -1.87. The van der Waals surface area contributed by atoms with Gasteiger partial charge in [0.05, 0.1) is 19.4 Å². The molecular formula is C14H19NO4. The molecule has 5 nitrogen and oxygen atoms in total. The summed E-state index contributed by atoms with van der Waals surface area (Å²) in [6.45, 7) is 4.03. The number of carbonyl (C=O) groups is 2. The maximum atomic E-state index is 11.5. The van der Waals surface area contributed by atoms with Crippen molar-refractivity contribution in [3.8, 4) is 5.75 Å². The zero-order valence-corrected chi connectivity index (χ0v) is 11.3. The van der Waals surface area contributed by atoms with Crippen LogP contribution in [0.4, 0.5) is 0 Å². The lowest BCUT2D eigenvalue weighted by Crippen LogP contribution is -2.24. The van der Waals surface area contributed by atoms with Gasteiger partial charge >= 0.3 is 5.97 Å². The molecule has 1 amide bonds. The van der Waals surface area contributed by atoms with Crippen LogP contribution in [0, 0.1) is 0 Å². The molecule has 0 saturated carbocycles. The van der Waals surface area contributed by atoms with E-state index in [0.717, 1.165) is 5.56 Å². The second-order valence-electron chi connectivity index (χ2n) is 4.71. The Morgan fingerprint density at radius 3 is 2.42 bits per heavy atom. The summed E-state index contributed by atoms with van der Waals surface area (Å²) < 4.78 is 5.19. The standard InChI is InChI=1S/C14H19NO4/c1-8(2)9-4-5-12(19-3)10(6-9)11(14(15)18)7-13(16)17/h4-6,8,11H,7H2,1-3H3,(H2,15,18)(H,16,17). The van der Waals surface area contributed by atoms with Crippen LogP contribution in [0.15, 0.2) is 18.2 Å². The molecule has 1 unspecified atom stereocenters. The number of carboxylic acid groups (broad SMARTS) is 1. The number of carbonyl (C=O) groups excluding carboxylic acids is 1. The SMILES string of the molecule is COc1ccc(C(C)C)cc1C(CC(=O)O)C(N)=O. The molecule has 1 aromatic rings. The maximum Gasteiger partial charge on any atom is 0.304 e. The van der Waals surface area contributed by atoms with Gasteiger partial charge in [0.1, 0.15) is 5.75 Å². The van der Waals surface area contributed by atoms with Crippen molar-refractivity contribution in [2.45, 2.75) is 32.1 Å². The predicted octanol–water partition coefficient (Wildman–Crippen LogP) is 1.86. The third-order valence-corrected chi connectivity index (χ3v) is 3.02. The van der Waals surface area contributed by atoms with Gasteiger partial charge in [-0.1, -0.05) is 26.0 Å². The molecule has 0 spiro atoms. The maximum absolute atomic E-state index is 11.5.